The van der Waals surface area contributed by atoms with Crippen molar-refractivity contribution >= 4 is 11.9 Å². The zero-order valence-electron chi connectivity index (χ0n) is 12.4. The standard InChI is InChI=1S/C15H16F3NO4/c1-14(13(21)22)6-7-19(9-14)12(20)8-23-11-4-2-10(3-5-11)15(16,17)18/h2-5H,6-9H2,1H3,(H,21,22). The summed E-state index contributed by atoms with van der Waals surface area (Å²) in [5, 5.41) is 9.11. The van der Waals surface area contributed by atoms with Crippen LogP contribution in [0.2, 0.25) is 0 Å². The lowest BCUT2D eigenvalue weighted by Gasteiger charge is -2.20. The van der Waals surface area contributed by atoms with Gasteiger partial charge in [-0.05, 0) is 37.6 Å². The summed E-state index contributed by atoms with van der Waals surface area (Å²) in [5.74, 6) is -1.21. The number of carboxylic acids is 1. The summed E-state index contributed by atoms with van der Waals surface area (Å²) in [4.78, 5) is 24.5. The summed E-state index contributed by atoms with van der Waals surface area (Å²) in [5.41, 5.74) is -1.77. The molecule has 1 saturated heterocycles. The smallest absolute Gasteiger partial charge is 0.416 e. The number of carboxylic acid groups (broad SMARTS) is 1. The molecule has 0 saturated carbocycles. The van der Waals surface area contributed by atoms with Gasteiger partial charge in [-0.25, -0.2) is 0 Å². The van der Waals surface area contributed by atoms with Gasteiger partial charge in [0, 0.05) is 13.1 Å². The Morgan fingerprint density at radius 2 is 1.91 bits per heavy atom. The number of rotatable bonds is 4. The highest BCUT2D eigenvalue weighted by atomic mass is 19.4. The van der Waals surface area contributed by atoms with E-state index in [2.05, 4.69) is 0 Å². The number of ether oxygens (including phenoxy) is 1. The van der Waals surface area contributed by atoms with Crippen molar-refractivity contribution in [2.24, 2.45) is 5.41 Å². The number of carbonyl (C=O) groups is 2. The topological polar surface area (TPSA) is 66.8 Å². The Morgan fingerprint density at radius 3 is 2.39 bits per heavy atom. The van der Waals surface area contributed by atoms with Gasteiger partial charge in [0.2, 0.25) is 0 Å². The van der Waals surface area contributed by atoms with E-state index in [0.717, 1.165) is 24.3 Å². The molecule has 126 valence electrons. The van der Waals surface area contributed by atoms with Crippen LogP contribution in [0.3, 0.4) is 0 Å². The van der Waals surface area contributed by atoms with Gasteiger partial charge in [-0.1, -0.05) is 0 Å². The molecular weight excluding hydrogens is 315 g/mol. The van der Waals surface area contributed by atoms with Crippen LogP contribution in [-0.4, -0.2) is 41.6 Å². The van der Waals surface area contributed by atoms with Gasteiger partial charge in [0.05, 0.1) is 11.0 Å². The Balaban J connectivity index is 1.89. The fraction of sp³-hybridized carbons (Fsp3) is 0.467. The van der Waals surface area contributed by atoms with E-state index in [4.69, 9.17) is 9.84 Å². The number of halogens is 3. The molecule has 5 nitrogen and oxygen atoms in total. The van der Waals surface area contributed by atoms with E-state index >= 15 is 0 Å². The Kier molecular flexibility index (Phi) is 4.53. The number of hydrogen-bond donors (Lipinski definition) is 1. The predicted molar refractivity (Wildman–Crippen MR) is 73.9 cm³/mol. The summed E-state index contributed by atoms with van der Waals surface area (Å²) < 4.78 is 42.4. The van der Waals surface area contributed by atoms with E-state index in [9.17, 15) is 22.8 Å². The summed E-state index contributed by atoms with van der Waals surface area (Å²) >= 11 is 0. The monoisotopic (exact) mass is 331 g/mol. The summed E-state index contributed by atoms with van der Waals surface area (Å²) in [6.07, 6.45) is -4.07. The van der Waals surface area contributed by atoms with E-state index in [0.29, 0.717) is 13.0 Å². The third-order valence-electron chi connectivity index (χ3n) is 3.89. The first-order chi connectivity index (χ1) is 10.6. The first-order valence-corrected chi connectivity index (χ1v) is 6.93. The Bertz CT molecular complexity index is 600. The summed E-state index contributed by atoms with van der Waals surface area (Å²) in [6, 6.07) is 4.03. The zero-order valence-corrected chi connectivity index (χ0v) is 12.4. The molecule has 0 spiro atoms. The highest BCUT2D eigenvalue weighted by molar-refractivity contribution is 5.81. The molecule has 2 rings (SSSR count). The normalized spacial score (nSPS) is 21.3. The van der Waals surface area contributed by atoms with Gasteiger partial charge >= 0.3 is 12.1 Å². The van der Waals surface area contributed by atoms with Crippen LogP contribution in [0, 0.1) is 5.41 Å². The molecular formula is C15H16F3NO4. The largest absolute Gasteiger partial charge is 0.484 e. The second-order valence-electron chi connectivity index (χ2n) is 5.74. The van der Waals surface area contributed by atoms with Crippen molar-refractivity contribution in [3.05, 3.63) is 29.8 Å². The van der Waals surface area contributed by atoms with Crippen LogP contribution < -0.4 is 4.74 Å². The number of carbonyl (C=O) groups excluding carboxylic acids is 1. The molecule has 1 atom stereocenters. The highest BCUT2D eigenvalue weighted by Crippen LogP contribution is 2.31. The third kappa shape index (κ3) is 3.94. The maximum Gasteiger partial charge on any atom is 0.416 e. The number of aliphatic carboxylic acids is 1. The summed E-state index contributed by atoms with van der Waals surface area (Å²) in [6.45, 7) is 1.63. The molecule has 1 aliphatic heterocycles. The maximum absolute atomic E-state index is 12.4. The summed E-state index contributed by atoms with van der Waals surface area (Å²) in [7, 11) is 0. The van der Waals surface area contributed by atoms with Crippen LogP contribution in [0.15, 0.2) is 24.3 Å². The quantitative estimate of drug-likeness (QED) is 0.920. The fourth-order valence-corrected chi connectivity index (χ4v) is 2.33. The minimum absolute atomic E-state index is 0.0948. The third-order valence-corrected chi connectivity index (χ3v) is 3.89. The van der Waals surface area contributed by atoms with Crippen molar-refractivity contribution in [2.75, 3.05) is 19.7 Å². The minimum atomic E-state index is -4.43. The van der Waals surface area contributed by atoms with Crippen LogP contribution in [-0.2, 0) is 15.8 Å². The van der Waals surface area contributed by atoms with Gasteiger partial charge in [-0.15, -0.1) is 0 Å². The van der Waals surface area contributed by atoms with Crippen LogP contribution in [0.1, 0.15) is 18.9 Å². The number of amides is 1. The van der Waals surface area contributed by atoms with Crippen LogP contribution in [0.4, 0.5) is 13.2 Å². The molecule has 1 amide bonds. The predicted octanol–water partition coefficient (Wildman–Crippen LogP) is 2.41. The van der Waals surface area contributed by atoms with E-state index in [1.807, 2.05) is 0 Å². The van der Waals surface area contributed by atoms with Gasteiger partial charge in [0.1, 0.15) is 5.75 Å². The molecule has 1 aromatic carbocycles. The second-order valence-corrected chi connectivity index (χ2v) is 5.74. The van der Waals surface area contributed by atoms with Crippen molar-refractivity contribution in [3.63, 3.8) is 0 Å². The first-order valence-electron chi connectivity index (χ1n) is 6.93. The Labute approximate surface area is 130 Å². The van der Waals surface area contributed by atoms with Crippen molar-refractivity contribution in [1.82, 2.24) is 4.90 Å². The molecule has 1 heterocycles. The average molecular weight is 331 g/mol. The molecule has 0 bridgehead atoms. The van der Waals surface area contributed by atoms with E-state index in [1.165, 1.54) is 4.90 Å². The van der Waals surface area contributed by atoms with Crippen LogP contribution in [0.25, 0.3) is 0 Å². The Hall–Kier alpha value is -2.25. The number of benzene rings is 1. The van der Waals surface area contributed by atoms with Crippen molar-refractivity contribution in [1.29, 1.82) is 0 Å². The molecule has 0 radical (unpaired) electrons. The molecule has 0 aromatic heterocycles. The van der Waals surface area contributed by atoms with E-state index < -0.39 is 29.0 Å². The lowest BCUT2D eigenvalue weighted by atomic mass is 9.90. The molecule has 1 N–H and O–H groups in total. The van der Waals surface area contributed by atoms with Crippen molar-refractivity contribution < 1.29 is 32.6 Å². The number of hydrogen-bond acceptors (Lipinski definition) is 3. The molecule has 1 fully saturated rings. The second kappa shape index (κ2) is 6.10. The average Bonchev–Trinajstić information content (AvgIpc) is 2.88. The van der Waals surface area contributed by atoms with E-state index in [1.54, 1.807) is 6.92 Å². The molecule has 1 aliphatic rings. The van der Waals surface area contributed by atoms with Crippen molar-refractivity contribution in [3.8, 4) is 5.75 Å². The van der Waals surface area contributed by atoms with Gasteiger partial charge in [-0.2, -0.15) is 13.2 Å². The molecule has 1 unspecified atom stereocenters. The Morgan fingerprint density at radius 1 is 1.30 bits per heavy atom. The van der Waals surface area contributed by atoms with Crippen molar-refractivity contribution in [2.45, 2.75) is 19.5 Å². The molecule has 0 aliphatic carbocycles. The van der Waals surface area contributed by atoms with Gasteiger partial charge < -0.3 is 14.7 Å². The van der Waals surface area contributed by atoms with Gasteiger partial charge in [0.15, 0.2) is 6.61 Å². The van der Waals surface area contributed by atoms with Crippen LogP contribution in [0.5, 0.6) is 5.75 Å². The fourth-order valence-electron chi connectivity index (χ4n) is 2.33. The van der Waals surface area contributed by atoms with E-state index in [-0.39, 0.29) is 18.9 Å². The number of alkyl halides is 3. The highest BCUT2D eigenvalue weighted by Gasteiger charge is 2.42. The first kappa shape index (κ1) is 17.1. The van der Waals surface area contributed by atoms with Crippen LogP contribution >= 0.6 is 0 Å². The number of nitrogens with zero attached hydrogens (tertiary/aromatic N) is 1. The molecule has 8 heteroatoms. The minimum Gasteiger partial charge on any atom is -0.484 e. The zero-order chi connectivity index (χ0) is 17.3. The lowest BCUT2D eigenvalue weighted by Crippen LogP contribution is -2.37. The lowest BCUT2D eigenvalue weighted by molar-refractivity contribution is -0.147. The number of likely N-dealkylation sites (tertiary alicyclic amines) is 1. The van der Waals surface area contributed by atoms with Gasteiger partial charge in [0.25, 0.3) is 5.91 Å². The molecule has 1 aromatic rings. The molecule has 23 heavy (non-hydrogen) atoms. The maximum atomic E-state index is 12.4. The van der Waals surface area contributed by atoms with Gasteiger partial charge in [-0.3, -0.25) is 9.59 Å². The SMILES string of the molecule is CC1(C(=O)O)CCN(C(=O)COc2ccc(C(F)(F)F)cc2)C1.